The molecule has 2 saturated heterocycles. The van der Waals surface area contributed by atoms with Gasteiger partial charge in [0.2, 0.25) is 11.8 Å². The number of nitrogens with zero attached hydrogens (tertiary/aromatic N) is 2. The minimum Gasteiger partial charge on any atom is -0.508 e. The molecule has 2 amide bonds. The van der Waals surface area contributed by atoms with Gasteiger partial charge in [-0.3, -0.25) is 14.5 Å². The van der Waals surface area contributed by atoms with E-state index in [1.807, 2.05) is 4.90 Å². The van der Waals surface area contributed by atoms with Gasteiger partial charge < -0.3 is 15.3 Å². The van der Waals surface area contributed by atoms with Crippen molar-refractivity contribution in [3.05, 3.63) is 29.8 Å². The van der Waals surface area contributed by atoms with Gasteiger partial charge in [0.05, 0.1) is 12.3 Å². The van der Waals surface area contributed by atoms with Crippen LogP contribution in [0.15, 0.2) is 24.3 Å². The topological polar surface area (TPSA) is 72.9 Å². The predicted molar refractivity (Wildman–Crippen MR) is 107 cm³/mol. The first-order valence-corrected chi connectivity index (χ1v) is 10.7. The highest BCUT2D eigenvalue weighted by Gasteiger charge is 2.34. The minimum absolute atomic E-state index is 0.128. The van der Waals surface area contributed by atoms with Crippen molar-refractivity contribution in [2.45, 2.75) is 57.0 Å². The van der Waals surface area contributed by atoms with Gasteiger partial charge in [-0.05, 0) is 62.8 Å². The summed E-state index contributed by atoms with van der Waals surface area (Å²) in [6.45, 7) is 3.51. The van der Waals surface area contributed by atoms with E-state index in [0.29, 0.717) is 18.5 Å². The van der Waals surface area contributed by atoms with Crippen molar-refractivity contribution in [2.75, 3.05) is 26.2 Å². The van der Waals surface area contributed by atoms with Crippen molar-refractivity contribution >= 4 is 11.8 Å². The molecular weight excluding hydrogens is 354 g/mol. The number of aromatic hydroxyl groups is 1. The molecule has 0 bridgehead atoms. The molecule has 0 aromatic heterocycles. The number of carbonyl (C=O) groups is 2. The maximum Gasteiger partial charge on any atom is 0.226 e. The van der Waals surface area contributed by atoms with Crippen LogP contribution in [0.5, 0.6) is 5.75 Å². The van der Waals surface area contributed by atoms with E-state index >= 15 is 0 Å². The molecular formula is C22H31N3O3. The second-order valence-electron chi connectivity index (χ2n) is 8.57. The maximum absolute atomic E-state index is 12.6. The number of phenolic OH excluding ortho intramolecular Hbond substituents is 1. The number of likely N-dealkylation sites (tertiary alicyclic amines) is 2. The van der Waals surface area contributed by atoms with Crippen LogP contribution in [0.4, 0.5) is 0 Å². The lowest BCUT2D eigenvalue weighted by molar-refractivity contribution is -0.132. The van der Waals surface area contributed by atoms with E-state index in [-0.39, 0.29) is 23.5 Å². The van der Waals surface area contributed by atoms with Gasteiger partial charge in [0.15, 0.2) is 0 Å². The molecule has 2 aliphatic heterocycles. The Kier molecular flexibility index (Phi) is 5.85. The number of nitrogens with one attached hydrogen (secondary N) is 1. The smallest absolute Gasteiger partial charge is 0.226 e. The summed E-state index contributed by atoms with van der Waals surface area (Å²) >= 11 is 0. The summed E-state index contributed by atoms with van der Waals surface area (Å²) in [7, 11) is 0. The van der Waals surface area contributed by atoms with Crippen molar-refractivity contribution in [3.8, 4) is 5.75 Å². The Morgan fingerprint density at radius 2 is 1.71 bits per heavy atom. The molecule has 2 N–H and O–H groups in total. The Labute approximate surface area is 166 Å². The summed E-state index contributed by atoms with van der Waals surface area (Å²) < 4.78 is 0. The lowest BCUT2D eigenvalue weighted by Crippen LogP contribution is -2.51. The maximum atomic E-state index is 12.6. The van der Waals surface area contributed by atoms with E-state index in [1.54, 1.807) is 24.3 Å². The summed E-state index contributed by atoms with van der Waals surface area (Å²) in [5.41, 5.74) is 0.936. The summed E-state index contributed by atoms with van der Waals surface area (Å²) in [6.07, 6.45) is 6.72. The van der Waals surface area contributed by atoms with Crippen LogP contribution in [0.25, 0.3) is 0 Å². The molecule has 1 aromatic rings. The molecule has 1 unspecified atom stereocenters. The first-order valence-electron chi connectivity index (χ1n) is 10.7. The van der Waals surface area contributed by atoms with Gasteiger partial charge in [0.25, 0.3) is 0 Å². The lowest BCUT2D eigenvalue weighted by Gasteiger charge is -2.42. The largest absolute Gasteiger partial charge is 0.508 e. The number of rotatable bonds is 5. The molecule has 1 aromatic carbocycles. The van der Waals surface area contributed by atoms with Crippen LogP contribution in [-0.2, 0) is 16.0 Å². The van der Waals surface area contributed by atoms with E-state index < -0.39 is 0 Å². The lowest BCUT2D eigenvalue weighted by atomic mass is 9.93. The highest BCUT2D eigenvalue weighted by Crippen LogP contribution is 2.26. The van der Waals surface area contributed by atoms with Crippen molar-refractivity contribution in [3.63, 3.8) is 0 Å². The van der Waals surface area contributed by atoms with Gasteiger partial charge in [-0.25, -0.2) is 0 Å². The molecule has 3 fully saturated rings. The van der Waals surface area contributed by atoms with Crippen LogP contribution in [0, 0.1) is 5.92 Å². The number of amides is 2. The fourth-order valence-electron chi connectivity index (χ4n) is 4.48. The summed E-state index contributed by atoms with van der Waals surface area (Å²) in [5.74, 6) is 0.754. The van der Waals surface area contributed by atoms with Crippen LogP contribution in [0.2, 0.25) is 0 Å². The van der Waals surface area contributed by atoms with Gasteiger partial charge in [-0.2, -0.15) is 0 Å². The number of piperidine rings is 2. The highest BCUT2D eigenvalue weighted by atomic mass is 16.3. The van der Waals surface area contributed by atoms with E-state index in [2.05, 4.69) is 10.2 Å². The van der Waals surface area contributed by atoms with E-state index in [1.165, 1.54) is 0 Å². The summed E-state index contributed by atoms with van der Waals surface area (Å²) in [6, 6.07) is 7.78. The van der Waals surface area contributed by atoms with Crippen molar-refractivity contribution < 1.29 is 14.7 Å². The molecule has 2 heterocycles. The molecule has 1 aliphatic carbocycles. The first-order chi connectivity index (χ1) is 13.6. The van der Waals surface area contributed by atoms with Gasteiger partial charge in [-0.1, -0.05) is 12.1 Å². The average Bonchev–Trinajstić information content (AvgIpc) is 3.54. The number of benzene rings is 1. The van der Waals surface area contributed by atoms with Crippen LogP contribution >= 0.6 is 0 Å². The molecule has 1 saturated carbocycles. The standard InChI is InChI=1S/C22H31N3O3/c26-20-7-3-16(4-8-20)14-21(27)24-12-9-19(10-13-24)25-11-1-2-17(15-25)22(28)23-18-5-6-18/h3-4,7-8,17-19,26H,1-2,5-6,9-15H2,(H,23,28). The Hall–Kier alpha value is -2.08. The second kappa shape index (κ2) is 8.52. The van der Waals surface area contributed by atoms with Gasteiger partial charge >= 0.3 is 0 Å². The molecule has 6 heteroatoms. The Morgan fingerprint density at radius 3 is 2.39 bits per heavy atom. The third-order valence-electron chi connectivity index (χ3n) is 6.37. The molecule has 1 atom stereocenters. The number of hydrogen-bond donors (Lipinski definition) is 2. The second-order valence-corrected chi connectivity index (χ2v) is 8.57. The third kappa shape index (κ3) is 4.85. The Morgan fingerprint density at radius 1 is 1.00 bits per heavy atom. The number of carbonyl (C=O) groups excluding carboxylic acids is 2. The van der Waals surface area contributed by atoms with Crippen LogP contribution in [0.1, 0.15) is 44.1 Å². The third-order valence-corrected chi connectivity index (χ3v) is 6.37. The van der Waals surface area contributed by atoms with Crippen LogP contribution in [-0.4, -0.2) is 65.0 Å². The quantitative estimate of drug-likeness (QED) is 0.812. The average molecular weight is 386 g/mol. The molecule has 0 spiro atoms. The molecule has 152 valence electrons. The molecule has 0 radical (unpaired) electrons. The molecule has 28 heavy (non-hydrogen) atoms. The van der Waals surface area contributed by atoms with E-state index in [0.717, 1.165) is 70.3 Å². The Balaban J connectivity index is 1.24. The molecule has 3 aliphatic rings. The molecule has 6 nitrogen and oxygen atoms in total. The summed E-state index contributed by atoms with van der Waals surface area (Å²) in [4.78, 5) is 29.4. The van der Waals surface area contributed by atoms with Crippen LogP contribution < -0.4 is 5.32 Å². The highest BCUT2D eigenvalue weighted by molar-refractivity contribution is 5.80. The monoisotopic (exact) mass is 385 g/mol. The normalized spacial score (nSPS) is 24.1. The van der Waals surface area contributed by atoms with Gasteiger partial charge in [-0.15, -0.1) is 0 Å². The molecule has 4 rings (SSSR count). The van der Waals surface area contributed by atoms with Gasteiger partial charge in [0, 0.05) is 31.7 Å². The van der Waals surface area contributed by atoms with Crippen molar-refractivity contribution in [2.24, 2.45) is 5.92 Å². The predicted octanol–water partition coefficient (Wildman–Crippen LogP) is 1.92. The number of hydrogen-bond acceptors (Lipinski definition) is 4. The zero-order chi connectivity index (χ0) is 19.5. The SMILES string of the molecule is O=C(NC1CC1)C1CCCN(C2CCN(C(=O)Cc3ccc(O)cc3)CC2)C1. The fraction of sp³-hybridized carbons (Fsp3) is 0.636. The van der Waals surface area contributed by atoms with Crippen LogP contribution in [0.3, 0.4) is 0 Å². The number of phenols is 1. The van der Waals surface area contributed by atoms with Gasteiger partial charge in [0.1, 0.15) is 5.75 Å². The van der Waals surface area contributed by atoms with Crippen molar-refractivity contribution in [1.29, 1.82) is 0 Å². The zero-order valence-electron chi connectivity index (χ0n) is 16.5. The van der Waals surface area contributed by atoms with Crippen molar-refractivity contribution in [1.82, 2.24) is 15.1 Å². The first kappa shape index (κ1) is 19.2. The fourth-order valence-corrected chi connectivity index (χ4v) is 4.48. The van der Waals surface area contributed by atoms with E-state index in [9.17, 15) is 14.7 Å². The summed E-state index contributed by atoms with van der Waals surface area (Å²) in [5, 5.41) is 12.5. The zero-order valence-corrected chi connectivity index (χ0v) is 16.5. The minimum atomic E-state index is 0.128. The van der Waals surface area contributed by atoms with E-state index in [4.69, 9.17) is 0 Å². The Bertz CT molecular complexity index is 693.